The molecular formula is C15H24N2O. The zero-order valence-corrected chi connectivity index (χ0v) is 11.9. The normalized spacial score (nSPS) is 12.2. The van der Waals surface area contributed by atoms with Crippen LogP contribution in [-0.2, 0) is 11.3 Å². The van der Waals surface area contributed by atoms with Crippen LogP contribution in [0, 0.1) is 6.92 Å². The molecule has 0 spiro atoms. The SMILES string of the molecule is CCNC(C)CC(=O)N(C)Cc1ccccc1C. The quantitative estimate of drug-likeness (QED) is 0.838. The number of amides is 1. The predicted molar refractivity (Wildman–Crippen MR) is 75.4 cm³/mol. The maximum atomic E-state index is 12.0. The van der Waals surface area contributed by atoms with Crippen molar-refractivity contribution in [2.24, 2.45) is 0 Å². The van der Waals surface area contributed by atoms with Crippen LogP contribution in [0.25, 0.3) is 0 Å². The van der Waals surface area contributed by atoms with Crippen LogP contribution >= 0.6 is 0 Å². The molecule has 1 aromatic carbocycles. The van der Waals surface area contributed by atoms with E-state index in [-0.39, 0.29) is 11.9 Å². The lowest BCUT2D eigenvalue weighted by Gasteiger charge is -2.21. The molecule has 0 aromatic heterocycles. The van der Waals surface area contributed by atoms with E-state index in [0.717, 1.165) is 6.54 Å². The summed E-state index contributed by atoms with van der Waals surface area (Å²) in [7, 11) is 1.87. The monoisotopic (exact) mass is 248 g/mol. The van der Waals surface area contributed by atoms with Crippen LogP contribution < -0.4 is 5.32 Å². The second kappa shape index (κ2) is 7.17. The van der Waals surface area contributed by atoms with Crippen molar-refractivity contribution in [3.63, 3.8) is 0 Å². The average Bonchev–Trinajstić information content (AvgIpc) is 2.32. The smallest absolute Gasteiger partial charge is 0.224 e. The minimum Gasteiger partial charge on any atom is -0.341 e. The fourth-order valence-electron chi connectivity index (χ4n) is 1.97. The number of carbonyl (C=O) groups is 1. The fraction of sp³-hybridized carbons (Fsp3) is 0.533. The van der Waals surface area contributed by atoms with Crippen molar-refractivity contribution < 1.29 is 4.79 Å². The summed E-state index contributed by atoms with van der Waals surface area (Å²) in [6, 6.07) is 8.43. The number of hydrogen-bond donors (Lipinski definition) is 1. The molecule has 0 aliphatic rings. The van der Waals surface area contributed by atoms with Crippen molar-refractivity contribution in [2.45, 2.75) is 39.8 Å². The molecule has 1 unspecified atom stereocenters. The first kappa shape index (κ1) is 14.7. The molecule has 0 radical (unpaired) electrons. The van der Waals surface area contributed by atoms with Gasteiger partial charge in [-0.1, -0.05) is 31.2 Å². The van der Waals surface area contributed by atoms with Gasteiger partial charge < -0.3 is 10.2 Å². The minimum absolute atomic E-state index is 0.187. The molecule has 0 fully saturated rings. The first-order chi connectivity index (χ1) is 8.54. The lowest BCUT2D eigenvalue weighted by atomic mass is 10.1. The van der Waals surface area contributed by atoms with Crippen LogP contribution in [0.5, 0.6) is 0 Å². The van der Waals surface area contributed by atoms with E-state index in [9.17, 15) is 4.79 Å². The summed E-state index contributed by atoms with van der Waals surface area (Å²) in [5.41, 5.74) is 2.45. The van der Waals surface area contributed by atoms with Crippen LogP contribution in [0.3, 0.4) is 0 Å². The molecule has 0 bridgehead atoms. The van der Waals surface area contributed by atoms with Crippen molar-refractivity contribution in [1.82, 2.24) is 10.2 Å². The number of aryl methyl sites for hydroxylation is 1. The number of nitrogens with one attached hydrogen (secondary N) is 1. The Balaban J connectivity index is 2.52. The van der Waals surface area contributed by atoms with Gasteiger partial charge in [-0.05, 0) is 31.5 Å². The van der Waals surface area contributed by atoms with Crippen LogP contribution in [0.4, 0.5) is 0 Å². The molecular weight excluding hydrogens is 224 g/mol. The maximum Gasteiger partial charge on any atom is 0.224 e. The zero-order chi connectivity index (χ0) is 13.5. The van der Waals surface area contributed by atoms with E-state index >= 15 is 0 Å². The van der Waals surface area contributed by atoms with E-state index in [4.69, 9.17) is 0 Å². The topological polar surface area (TPSA) is 32.3 Å². The average molecular weight is 248 g/mol. The van der Waals surface area contributed by atoms with Gasteiger partial charge in [0.2, 0.25) is 5.91 Å². The van der Waals surface area contributed by atoms with Gasteiger partial charge in [-0.25, -0.2) is 0 Å². The molecule has 1 aromatic rings. The van der Waals surface area contributed by atoms with Gasteiger partial charge in [-0.2, -0.15) is 0 Å². The Morgan fingerprint density at radius 2 is 2.06 bits per heavy atom. The standard InChI is InChI=1S/C15H24N2O/c1-5-16-13(3)10-15(18)17(4)11-14-9-7-6-8-12(14)2/h6-9,13,16H,5,10-11H2,1-4H3. The summed E-state index contributed by atoms with van der Waals surface area (Å²) in [6.45, 7) is 7.76. The van der Waals surface area contributed by atoms with Crippen molar-refractivity contribution in [3.05, 3.63) is 35.4 Å². The number of rotatable bonds is 6. The van der Waals surface area contributed by atoms with Crippen molar-refractivity contribution in [3.8, 4) is 0 Å². The molecule has 0 saturated carbocycles. The second-order valence-electron chi connectivity index (χ2n) is 4.84. The highest BCUT2D eigenvalue weighted by molar-refractivity contribution is 5.76. The highest BCUT2D eigenvalue weighted by Gasteiger charge is 2.13. The Bertz CT molecular complexity index is 390. The maximum absolute atomic E-state index is 12.0. The molecule has 1 N–H and O–H groups in total. The van der Waals surface area contributed by atoms with Gasteiger partial charge in [0.25, 0.3) is 0 Å². The fourth-order valence-corrected chi connectivity index (χ4v) is 1.97. The van der Waals surface area contributed by atoms with Gasteiger partial charge in [-0.3, -0.25) is 4.79 Å². The minimum atomic E-state index is 0.187. The summed E-state index contributed by atoms with van der Waals surface area (Å²) in [5.74, 6) is 0.187. The lowest BCUT2D eigenvalue weighted by molar-refractivity contribution is -0.130. The molecule has 1 atom stereocenters. The Labute approximate surface area is 110 Å². The molecule has 18 heavy (non-hydrogen) atoms. The largest absolute Gasteiger partial charge is 0.341 e. The summed E-state index contributed by atoms with van der Waals surface area (Å²) in [6.07, 6.45) is 0.552. The van der Waals surface area contributed by atoms with Gasteiger partial charge in [-0.15, -0.1) is 0 Å². The van der Waals surface area contributed by atoms with E-state index in [1.165, 1.54) is 11.1 Å². The summed E-state index contributed by atoms with van der Waals surface area (Å²) < 4.78 is 0. The van der Waals surface area contributed by atoms with Gasteiger partial charge in [0.05, 0.1) is 0 Å². The van der Waals surface area contributed by atoms with Gasteiger partial charge in [0.15, 0.2) is 0 Å². The van der Waals surface area contributed by atoms with E-state index in [1.807, 2.05) is 26.1 Å². The number of carbonyl (C=O) groups excluding carboxylic acids is 1. The Morgan fingerprint density at radius 3 is 2.67 bits per heavy atom. The van der Waals surface area contributed by atoms with Crippen molar-refractivity contribution in [2.75, 3.05) is 13.6 Å². The molecule has 0 saturated heterocycles. The highest BCUT2D eigenvalue weighted by atomic mass is 16.2. The number of benzene rings is 1. The van der Waals surface area contributed by atoms with Gasteiger partial charge >= 0.3 is 0 Å². The molecule has 100 valence electrons. The predicted octanol–water partition coefficient (Wildman–Crippen LogP) is 2.34. The lowest BCUT2D eigenvalue weighted by Crippen LogP contribution is -2.34. The summed E-state index contributed by atoms with van der Waals surface area (Å²) in [4.78, 5) is 13.8. The first-order valence-electron chi connectivity index (χ1n) is 6.56. The van der Waals surface area contributed by atoms with Crippen LogP contribution in [0.15, 0.2) is 24.3 Å². The van der Waals surface area contributed by atoms with Crippen LogP contribution in [0.1, 0.15) is 31.4 Å². The van der Waals surface area contributed by atoms with Crippen molar-refractivity contribution >= 4 is 5.91 Å². The molecule has 0 aliphatic carbocycles. The third kappa shape index (κ3) is 4.49. The van der Waals surface area contributed by atoms with E-state index < -0.39 is 0 Å². The number of nitrogens with zero attached hydrogens (tertiary/aromatic N) is 1. The second-order valence-corrected chi connectivity index (χ2v) is 4.84. The third-order valence-corrected chi connectivity index (χ3v) is 3.13. The molecule has 0 aliphatic heterocycles. The Kier molecular flexibility index (Phi) is 5.86. The molecule has 0 heterocycles. The Morgan fingerprint density at radius 1 is 1.39 bits per heavy atom. The van der Waals surface area contributed by atoms with E-state index in [1.54, 1.807) is 4.90 Å². The number of hydrogen-bond acceptors (Lipinski definition) is 2. The third-order valence-electron chi connectivity index (χ3n) is 3.13. The summed E-state index contributed by atoms with van der Waals surface area (Å²) in [5, 5.41) is 3.26. The molecule has 3 heteroatoms. The van der Waals surface area contributed by atoms with E-state index in [0.29, 0.717) is 13.0 Å². The van der Waals surface area contributed by atoms with Gasteiger partial charge in [0.1, 0.15) is 0 Å². The van der Waals surface area contributed by atoms with Gasteiger partial charge in [0, 0.05) is 26.1 Å². The Hall–Kier alpha value is -1.35. The first-order valence-corrected chi connectivity index (χ1v) is 6.56. The van der Waals surface area contributed by atoms with Crippen molar-refractivity contribution in [1.29, 1.82) is 0 Å². The zero-order valence-electron chi connectivity index (χ0n) is 11.9. The molecule has 1 rings (SSSR count). The van der Waals surface area contributed by atoms with Crippen LogP contribution in [-0.4, -0.2) is 30.4 Å². The molecule has 3 nitrogen and oxygen atoms in total. The highest BCUT2D eigenvalue weighted by Crippen LogP contribution is 2.10. The molecule has 1 amide bonds. The van der Waals surface area contributed by atoms with Crippen LogP contribution in [0.2, 0.25) is 0 Å². The van der Waals surface area contributed by atoms with E-state index in [2.05, 4.69) is 31.3 Å². The summed E-state index contributed by atoms with van der Waals surface area (Å²) >= 11 is 0.